The van der Waals surface area contributed by atoms with Crippen LogP contribution in [0.3, 0.4) is 0 Å². The number of carbonyl (C=O) groups excluding carboxylic acids is 2. The maximum absolute atomic E-state index is 11.5. The summed E-state index contributed by atoms with van der Waals surface area (Å²) in [4.78, 5) is 28.7. The van der Waals surface area contributed by atoms with Gasteiger partial charge in [-0.25, -0.2) is 9.78 Å². The maximum atomic E-state index is 11.5. The normalized spacial score (nSPS) is 10.2. The van der Waals surface area contributed by atoms with E-state index in [2.05, 4.69) is 10.3 Å². The molecule has 1 aromatic rings. The molecule has 0 aliphatic rings. The van der Waals surface area contributed by atoms with E-state index in [-0.39, 0.29) is 24.8 Å². The molecular formula is C12H17N3O3. The number of amides is 1. The quantitative estimate of drug-likeness (QED) is 0.782. The highest BCUT2D eigenvalue weighted by Crippen LogP contribution is 2.06. The van der Waals surface area contributed by atoms with Crippen molar-refractivity contribution < 1.29 is 14.3 Å². The fourth-order valence-electron chi connectivity index (χ4n) is 1.29. The summed E-state index contributed by atoms with van der Waals surface area (Å²) >= 11 is 0. The van der Waals surface area contributed by atoms with E-state index in [4.69, 9.17) is 4.74 Å². The van der Waals surface area contributed by atoms with Crippen LogP contribution in [0.15, 0.2) is 18.2 Å². The number of hydrogen-bond donors (Lipinski definition) is 1. The Balaban J connectivity index is 2.70. The number of nitrogens with zero attached hydrogens (tertiary/aromatic N) is 2. The number of rotatable bonds is 5. The molecule has 1 heterocycles. The van der Waals surface area contributed by atoms with E-state index in [9.17, 15) is 9.59 Å². The lowest BCUT2D eigenvalue weighted by Gasteiger charge is -2.10. The lowest BCUT2D eigenvalue weighted by atomic mass is 10.3. The summed E-state index contributed by atoms with van der Waals surface area (Å²) in [6, 6.07) is 4.81. The molecule has 0 aliphatic carbocycles. The van der Waals surface area contributed by atoms with Crippen LogP contribution in [0.1, 0.15) is 17.4 Å². The van der Waals surface area contributed by atoms with E-state index in [1.807, 2.05) is 0 Å². The van der Waals surface area contributed by atoms with Crippen LogP contribution in [0.5, 0.6) is 0 Å². The van der Waals surface area contributed by atoms with Gasteiger partial charge in [0.05, 0.1) is 13.2 Å². The second-order valence-corrected chi connectivity index (χ2v) is 3.91. The minimum absolute atomic E-state index is 0.180. The Bertz CT molecular complexity index is 432. The molecule has 18 heavy (non-hydrogen) atoms. The molecule has 0 saturated carbocycles. The average Bonchev–Trinajstić information content (AvgIpc) is 2.28. The predicted molar refractivity (Wildman–Crippen MR) is 67.4 cm³/mol. The standard InChI is InChI=1S/C12H17N3O3/c1-4-18-12(17)9-6-5-7-10(13-9)14-11(16)8-15(2)3/h5-7H,4,8H2,1-3H3,(H,13,14,16). The zero-order valence-electron chi connectivity index (χ0n) is 10.8. The van der Waals surface area contributed by atoms with E-state index in [0.717, 1.165) is 0 Å². The third-order valence-corrected chi connectivity index (χ3v) is 1.96. The van der Waals surface area contributed by atoms with Crippen molar-refractivity contribution in [1.82, 2.24) is 9.88 Å². The first kappa shape index (κ1) is 14.1. The van der Waals surface area contributed by atoms with Crippen molar-refractivity contribution in [3.05, 3.63) is 23.9 Å². The van der Waals surface area contributed by atoms with Crippen molar-refractivity contribution in [2.24, 2.45) is 0 Å². The molecule has 0 radical (unpaired) electrons. The van der Waals surface area contributed by atoms with Crippen LogP contribution in [-0.4, -0.2) is 49.0 Å². The molecule has 0 fully saturated rings. The molecule has 0 aromatic carbocycles. The molecule has 98 valence electrons. The number of aromatic nitrogens is 1. The number of nitrogens with one attached hydrogen (secondary N) is 1. The van der Waals surface area contributed by atoms with Crippen LogP contribution in [-0.2, 0) is 9.53 Å². The Morgan fingerprint density at radius 1 is 1.39 bits per heavy atom. The van der Waals surface area contributed by atoms with Crippen LogP contribution in [0.2, 0.25) is 0 Å². The summed E-state index contributed by atoms with van der Waals surface area (Å²) < 4.78 is 4.83. The topological polar surface area (TPSA) is 71.5 Å². The molecular weight excluding hydrogens is 234 g/mol. The van der Waals surface area contributed by atoms with Gasteiger partial charge in [-0.05, 0) is 33.2 Å². The van der Waals surface area contributed by atoms with Gasteiger partial charge >= 0.3 is 5.97 Å². The Morgan fingerprint density at radius 2 is 2.11 bits per heavy atom. The van der Waals surface area contributed by atoms with E-state index < -0.39 is 5.97 Å². The van der Waals surface area contributed by atoms with Crippen LogP contribution in [0.25, 0.3) is 0 Å². The molecule has 0 unspecified atom stereocenters. The molecule has 1 N–H and O–H groups in total. The second kappa shape index (κ2) is 6.70. The third-order valence-electron chi connectivity index (χ3n) is 1.96. The van der Waals surface area contributed by atoms with Gasteiger partial charge in [-0.3, -0.25) is 4.79 Å². The Labute approximate surface area is 106 Å². The molecule has 6 heteroatoms. The van der Waals surface area contributed by atoms with Crippen molar-refractivity contribution in [2.45, 2.75) is 6.92 Å². The number of anilines is 1. The highest BCUT2D eigenvalue weighted by molar-refractivity contribution is 5.92. The molecule has 1 aromatic heterocycles. The molecule has 1 rings (SSSR count). The molecule has 1 amide bonds. The summed E-state index contributed by atoms with van der Waals surface area (Å²) in [5, 5.41) is 2.61. The third kappa shape index (κ3) is 4.50. The highest BCUT2D eigenvalue weighted by Gasteiger charge is 2.10. The molecule has 0 spiro atoms. The van der Waals surface area contributed by atoms with E-state index >= 15 is 0 Å². The largest absolute Gasteiger partial charge is 0.461 e. The van der Waals surface area contributed by atoms with Gasteiger partial charge in [0.25, 0.3) is 0 Å². The second-order valence-electron chi connectivity index (χ2n) is 3.91. The zero-order chi connectivity index (χ0) is 13.5. The highest BCUT2D eigenvalue weighted by atomic mass is 16.5. The van der Waals surface area contributed by atoms with Crippen molar-refractivity contribution in [3.63, 3.8) is 0 Å². The SMILES string of the molecule is CCOC(=O)c1cccc(NC(=O)CN(C)C)n1. The fraction of sp³-hybridized carbons (Fsp3) is 0.417. The number of likely N-dealkylation sites (N-methyl/N-ethyl adjacent to an activating group) is 1. The number of carbonyl (C=O) groups is 2. The minimum Gasteiger partial charge on any atom is -0.461 e. The number of esters is 1. The molecule has 0 saturated heterocycles. The number of pyridine rings is 1. The van der Waals surface area contributed by atoms with Gasteiger partial charge < -0.3 is 15.0 Å². The Morgan fingerprint density at radius 3 is 2.72 bits per heavy atom. The van der Waals surface area contributed by atoms with Gasteiger partial charge in [-0.2, -0.15) is 0 Å². The summed E-state index contributed by atoms with van der Waals surface area (Å²) in [6.07, 6.45) is 0. The first-order chi connectivity index (χ1) is 8.52. The monoisotopic (exact) mass is 251 g/mol. The van der Waals surface area contributed by atoms with Gasteiger partial charge in [0, 0.05) is 0 Å². The van der Waals surface area contributed by atoms with Crippen molar-refractivity contribution >= 4 is 17.7 Å². The summed E-state index contributed by atoms with van der Waals surface area (Å²) in [6.45, 7) is 2.27. The van der Waals surface area contributed by atoms with E-state index in [1.165, 1.54) is 0 Å². The molecule has 0 bridgehead atoms. The first-order valence-corrected chi connectivity index (χ1v) is 5.61. The van der Waals surface area contributed by atoms with Gasteiger partial charge in [0.15, 0.2) is 5.69 Å². The van der Waals surface area contributed by atoms with Gasteiger partial charge in [0.1, 0.15) is 5.82 Å². The van der Waals surface area contributed by atoms with Crippen LogP contribution in [0, 0.1) is 0 Å². The molecule has 0 atom stereocenters. The lowest BCUT2D eigenvalue weighted by Crippen LogP contribution is -2.27. The smallest absolute Gasteiger partial charge is 0.356 e. The number of ether oxygens (including phenoxy) is 1. The van der Waals surface area contributed by atoms with Crippen molar-refractivity contribution in [3.8, 4) is 0 Å². The van der Waals surface area contributed by atoms with E-state index in [0.29, 0.717) is 5.82 Å². The van der Waals surface area contributed by atoms with Gasteiger partial charge in [-0.15, -0.1) is 0 Å². The fourth-order valence-corrected chi connectivity index (χ4v) is 1.29. The summed E-state index contributed by atoms with van der Waals surface area (Å²) in [5.74, 6) is -0.345. The van der Waals surface area contributed by atoms with Crippen LogP contribution in [0.4, 0.5) is 5.82 Å². The number of hydrogen-bond acceptors (Lipinski definition) is 5. The maximum Gasteiger partial charge on any atom is 0.356 e. The van der Waals surface area contributed by atoms with Crippen LogP contribution >= 0.6 is 0 Å². The van der Waals surface area contributed by atoms with Crippen molar-refractivity contribution in [1.29, 1.82) is 0 Å². The zero-order valence-corrected chi connectivity index (χ0v) is 10.8. The predicted octanol–water partition coefficient (Wildman–Crippen LogP) is 0.758. The van der Waals surface area contributed by atoms with Crippen LogP contribution < -0.4 is 5.32 Å². The Hall–Kier alpha value is -1.95. The summed E-state index contributed by atoms with van der Waals surface area (Å²) in [5.41, 5.74) is 0.180. The van der Waals surface area contributed by atoms with Crippen molar-refractivity contribution in [2.75, 3.05) is 32.6 Å². The van der Waals surface area contributed by atoms with E-state index in [1.54, 1.807) is 44.1 Å². The first-order valence-electron chi connectivity index (χ1n) is 5.61. The Kier molecular flexibility index (Phi) is 5.26. The van der Waals surface area contributed by atoms with Gasteiger partial charge in [-0.1, -0.05) is 6.07 Å². The minimum atomic E-state index is -0.499. The lowest BCUT2D eigenvalue weighted by molar-refractivity contribution is -0.116. The average molecular weight is 251 g/mol. The summed E-state index contributed by atoms with van der Waals surface area (Å²) in [7, 11) is 3.59. The molecule has 6 nitrogen and oxygen atoms in total. The molecule has 0 aliphatic heterocycles. The van der Waals surface area contributed by atoms with Gasteiger partial charge in [0.2, 0.25) is 5.91 Å².